The monoisotopic (exact) mass is 365 g/mol. The van der Waals surface area contributed by atoms with E-state index >= 15 is 0 Å². The molecule has 5 nitrogen and oxygen atoms in total. The minimum atomic E-state index is -0.170. The number of hydrogen-bond donors (Lipinski definition) is 1. The van der Waals surface area contributed by atoms with Gasteiger partial charge in [0, 0.05) is 37.9 Å². The number of rotatable bonds is 6. The SMILES string of the molecule is COc1ccc(N2CCNCC2C(=O)N(Cc2ccccc2)C2CC2)cc1. The molecule has 2 fully saturated rings. The standard InChI is InChI=1S/C22H27N3O2/c1-27-20-11-9-18(10-12-20)24-14-13-23-15-21(24)22(26)25(19-7-8-19)16-17-5-3-2-4-6-17/h2-6,9-12,19,21,23H,7-8,13-16H2,1H3. The number of piperazine rings is 1. The highest BCUT2D eigenvalue weighted by Gasteiger charge is 2.38. The van der Waals surface area contributed by atoms with Gasteiger partial charge >= 0.3 is 0 Å². The zero-order valence-electron chi connectivity index (χ0n) is 15.8. The summed E-state index contributed by atoms with van der Waals surface area (Å²) in [5.74, 6) is 1.06. The largest absolute Gasteiger partial charge is 0.497 e. The Kier molecular flexibility index (Phi) is 5.30. The third-order valence-corrected chi connectivity index (χ3v) is 5.40. The molecule has 1 unspecified atom stereocenters. The van der Waals surface area contributed by atoms with Crippen molar-refractivity contribution in [3.8, 4) is 5.75 Å². The summed E-state index contributed by atoms with van der Waals surface area (Å²) in [4.78, 5) is 17.8. The Morgan fingerprint density at radius 2 is 1.89 bits per heavy atom. The molecule has 1 atom stereocenters. The van der Waals surface area contributed by atoms with E-state index in [9.17, 15) is 4.79 Å². The van der Waals surface area contributed by atoms with E-state index in [1.807, 2.05) is 42.5 Å². The van der Waals surface area contributed by atoms with E-state index in [0.717, 1.165) is 37.4 Å². The molecule has 1 amide bonds. The summed E-state index contributed by atoms with van der Waals surface area (Å²) < 4.78 is 5.27. The average molecular weight is 365 g/mol. The highest BCUT2D eigenvalue weighted by Crippen LogP contribution is 2.31. The molecule has 2 aromatic rings. The minimum absolute atomic E-state index is 0.170. The van der Waals surface area contributed by atoms with Crippen molar-refractivity contribution < 1.29 is 9.53 Å². The second-order valence-corrected chi connectivity index (χ2v) is 7.29. The van der Waals surface area contributed by atoms with E-state index in [2.05, 4.69) is 27.2 Å². The van der Waals surface area contributed by atoms with Crippen LogP contribution in [0.5, 0.6) is 5.75 Å². The fraction of sp³-hybridized carbons (Fsp3) is 0.409. The molecule has 27 heavy (non-hydrogen) atoms. The van der Waals surface area contributed by atoms with Crippen molar-refractivity contribution in [2.75, 3.05) is 31.6 Å². The van der Waals surface area contributed by atoms with Crippen LogP contribution in [0.25, 0.3) is 0 Å². The van der Waals surface area contributed by atoms with Crippen LogP contribution >= 0.6 is 0 Å². The van der Waals surface area contributed by atoms with E-state index < -0.39 is 0 Å². The van der Waals surface area contributed by atoms with E-state index in [-0.39, 0.29) is 11.9 Å². The van der Waals surface area contributed by atoms with Crippen LogP contribution < -0.4 is 15.0 Å². The third kappa shape index (κ3) is 4.08. The summed E-state index contributed by atoms with van der Waals surface area (Å²) in [7, 11) is 1.67. The lowest BCUT2D eigenvalue weighted by Crippen LogP contribution is -2.59. The van der Waals surface area contributed by atoms with Gasteiger partial charge in [0.2, 0.25) is 5.91 Å². The molecule has 0 spiro atoms. The molecule has 1 aliphatic carbocycles. The van der Waals surface area contributed by atoms with Crippen molar-refractivity contribution in [2.24, 2.45) is 0 Å². The van der Waals surface area contributed by atoms with Crippen LogP contribution in [0.3, 0.4) is 0 Å². The quantitative estimate of drug-likeness (QED) is 0.855. The molecular weight excluding hydrogens is 338 g/mol. The molecule has 2 aliphatic rings. The van der Waals surface area contributed by atoms with Crippen molar-refractivity contribution in [2.45, 2.75) is 31.5 Å². The Morgan fingerprint density at radius 1 is 1.15 bits per heavy atom. The van der Waals surface area contributed by atoms with Crippen LogP contribution in [0.4, 0.5) is 5.69 Å². The molecule has 5 heteroatoms. The lowest BCUT2D eigenvalue weighted by Gasteiger charge is -2.39. The van der Waals surface area contributed by atoms with Gasteiger partial charge in [0.25, 0.3) is 0 Å². The maximum atomic E-state index is 13.5. The number of nitrogens with one attached hydrogen (secondary N) is 1. The number of carbonyl (C=O) groups excluding carboxylic acids is 1. The molecule has 1 aliphatic heterocycles. The van der Waals surface area contributed by atoms with Crippen molar-refractivity contribution >= 4 is 11.6 Å². The molecule has 1 saturated heterocycles. The van der Waals surface area contributed by atoms with Gasteiger partial charge < -0.3 is 19.9 Å². The molecule has 0 radical (unpaired) electrons. The van der Waals surface area contributed by atoms with Crippen LogP contribution in [-0.4, -0.2) is 49.6 Å². The first-order valence-electron chi connectivity index (χ1n) is 9.72. The number of hydrogen-bond acceptors (Lipinski definition) is 4. The summed E-state index contributed by atoms with van der Waals surface area (Å²) in [5, 5.41) is 3.40. The summed E-state index contributed by atoms with van der Waals surface area (Å²) in [6, 6.07) is 18.5. The maximum Gasteiger partial charge on any atom is 0.247 e. The van der Waals surface area contributed by atoms with Crippen LogP contribution in [-0.2, 0) is 11.3 Å². The normalized spacial score (nSPS) is 19.6. The summed E-state index contributed by atoms with van der Waals surface area (Å²) in [6.45, 7) is 3.09. The van der Waals surface area contributed by atoms with E-state index in [4.69, 9.17) is 4.74 Å². The lowest BCUT2D eigenvalue weighted by molar-refractivity contribution is -0.134. The first kappa shape index (κ1) is 17.9. The van der Waals surface area contributed by atoms with Crippen LogP contribution in [0.1, 0.15) is 18.4 Å². The fourth-order valence-corrected chi connectivity index (χ4v) is 3.75. The average Bonchev–Trinajstić information content (AvgIpc) is 3.57. The lowest BCUT2D eigenvalue weighted by atomic mass is 10.1. The Labute approximate surface area is 160 Å². The Hall–Kier alpha value is -2.53. The highest BCUT2D eigenvalue weighted by atomic mass is 16.5. The van der Waals surface area contributed by atoms with Crippen LogP contribution in [0.15, 0.2) is 54.6 Å². The van der Waals surface area contributed by atoms with E-state index in [1.165, 1.54) is 5.56 Å². The topological polar surface area (TPSA) is 44.8 Å². The number of nitrogens with zero attached hydrogens (tertiary/aromatic N) is 2. The van der Waals surface area contributed by atoms with Gasteiger partial charge in [-0.3, -0.25) is 4.79 Å². The highest BCUT2D eigenvalue weighted by molar-refractivity contribution is 5.86. The molecule has 1 N–H and O–H groups in total. The van der Waals surface area contributed by atoms with Crippen molar-refractivity contribution in [1.29, 1.82) is 0 Å². The second kappa shape index (κ2) is 8.01. The van der Waals surface area contributed by atoms with Crippen LogP contribution in [0, 0.1) is 0 Å². The van der Waals surface area contributed by atoms with Gasteiger partial charge in [-0.25, -0.2) is 0 Å². The smallest absolute Gasteiger partial charge is 0.247 e. The Balaban J connectivity index is 1.54. The molecule has 0 aromatic heterocycles. The number of ether oxygens (including phenoxy) is 1. The summed E-state index contributed by atoms with van der Waals surface area (Å²) in [5.41, 5.74) is 2.27. The first-order valence-corrected chi connectivity index (χ1v) is 9.72. The molecule has 4 rings (SSSR count). The number of amides is 1. The number of anilines is 1. The molecule has 1 heterocycles. The van der Waals surface area contributed by atoms with Gasteiger partial charge in [-0.15, -0.1) is 0 Å². The number of carbonyl (C=O) groups is 1. The first-order chi connectivity index (χ1) is 13.3. The van der Waals surface area contributed by atoms with Gasteiger partial charge in [-0.1, -0.05) is 30.3 Å². The van der Waals surface area contributed by atoms with Gasteiger partial charge in [-0.2, -0.15) is 0 Å². The molecule has 1 saturated carbocycles. The summed E-state index contributed by atoms with van der Waals surface area (Å²) in [6.07, 6.45) is 2.22. The minimum Gasteiger partial charge on any atom is -0.497 e. The third-order valence-electron chi connectivity index (χ3n) is 5.40. The van der Waals surface area contributed by atoms with Gasteiger partial charge in [-0.05, 0) is 42.7 Å². The number of methoxy groups -OCH3 is 1. The molecular formula is C22H27N3O2. The zero-order valence-corrected chi connectivity index (χ0v) is 15.8. The maximum absolute atomic E-state index is 13.5. The summed E-state index contributed by atoms with van der Waals surface area (Å²) >= 11 is 0. The Morgan fingerprint density at radius 3 is 2.56 bits per heavy atom. The van der Waals surface area contributed by atoms with Gasteiger partial charge in [0.15, 0.2) is 0 Å². The predicted molar refractivity (Wildman–Crippen MR) is 107 cm³/mol. The van der Waals surface area contributed by atoms with Gasteiger partial charge in [0.1, 0.15) is 11.8 Å². The fourth-order valence-electron chi connectivity index (χ4n) is 3.75. The number of benzene rings is 2. The van der Waals surface area contributed by atoms with Crippen molar-refractivity contribution in [1.82, 2.24) is 10.2 Å². The molecule has 2 aromatic carbocycles. The Bertz CT molecular complexity index is 759. The molecule has 142 valence electrons. The zero-order chi connectivity index (χ0) is 18.6. The molecule has 0 bridgehead atoms. The van der Waals surface area contributed by atoms with Crippen LogP contribution in [0.2, 0.25) is 0 Å². The van der Waals surface area contributed by atoms with Gasteiger partial charge in [0.05, 0.1) is 7.11 Å². The van der Waals surface area contributed by atoms with E-state index in [1.54, 1.807) is 7.11 Å². The van der Waals surface area contributed by atoms with E-state index in [0.29, 0.717) is 19.1 Å². The predicted octanol–water partition coefficient (Wildman–Crippen LogP) is 2.66. The van der Waals surface area contributed by atoms with Crippen molar-refractivity contribution in [3.05, 3.63) is 60.2 Å². The second-order valence-electron chi connectivity index (χ2n) is 7.29. The van der Waals surface area contributed by atoms with Crippen molar-refractivity contribution in [3.63, 3.8) is 0 Å².